The van der Waals surface area contributed by atoms with Crippen LogP contribution in [0.5, 0.6) is 29.4 Å². The number of halogens is 3. The maximum atomic E-state index is 13.3. The van der Waals surface area contributed by atoms with Crippen molar-refractivity contribution in [3.05, 3.63) is 54.4 Å². The molecule has 0 saturated heterocycles. The number of hydrogen-bond acceptors (Lipinski definition) is 19. The van der Waals surface area contributed by atoms with Crippen molar-refractivity contribution in [3.63, 3.8) is 0 Å². The lowest BCUT2D eigenvalue weighted by Crippen LogP contribution is -2.36. The lowest BCUT2D eigenvalue weighted by molar-refractivity contribution is -0.140. The molecule has 6 heterocycles. The van der Waals surface area contributed by atoms with Gasteiger partial charge < -0.3 is 23.7 Å². The molecule has 6 aromatic rings. The summed E-state index contributed by atoms with van der Waals surface area (Å²) in [6.45, 7) is 1.35. The number of sulfone groups is 1. The first-order valence-electron chi connectivity index (χ1n) is 16.2. The van der Waals surface area contributed by atoms with Gasteiger partial charge in [-0.2, -0.15) is 46.0 Å². The Labute approximate surface area is 337 Å². The maximum absolute atomic E-state index is 13.3. The third-order valence-corrected chi connectivity index (χ3v) is 12.0. The van der Waals surface area contributed by atoms with Crippen molar-refractivity contribution in [3.8, 4) is 29.4 Å². The fourth-order valence-corrected chi connectivity index (χ4v) is 8.77. The fraction of sp³-hybridized carbons (Fsp3) is 0.267. The van der Waals surface area contributed by atoms with E-state index >= 15 is 0 Å². The molecule has 6 aromatic heterocycles. The van der Waals surface area contributed by atoms with Crippen LogP contribution in [0.4, 0.5) is 29.9 Å². The Morgan fingerprint density at radius 2 is 1.43 bits per heavy atom. The van der Waals surface area contributed by atoms with Crippen LogP contribution in [-0.2, 0) is 36.1 Å². The molecule has 60 heavy (non-hydrogen) atoms. The minimum atomic E-state index is -4.98. The number of nitrogens with zero attached hydrogens (tertiary/aromatic N) is 9. The van der Waals surface area contributed by atoms with E-state index in [0.29, 0.717) is 6.07 Å². The van der Waals surface area contributed by atoms with Gasteiger partial charge in [0.2, 0.25) is 35.3 Å². The number of nitrogens with one attached hydrogen (secondary N) is 3. The Hall–Kier alpha value is -6.82. The Kier molecular flexibility index (Phi) is 12.7. The summed E-state index contributed by atoms with van der Waals surface area (Å²) in [5, 5.41) is 4.63. The molecule has 30 heteroatoms. The molecule has 0 aliphatic heterocycles. The molecule has 0 atom stereocenters. The van der Waals surface area contributed by atoms with Crippen molar-refractivity contribution in [1.82, 2.24) is 48.6 Å². The van der Waals surface area contributed by atoms with Crippen LogP contribution >= 0.6 is 0 Å². The van der Waals surface area contributed by atoms with Gasteiger partial charge in [0, 0.05) is 12.4 Å². The third kappa shape index (κ3) is 9.39. The molecular weight excluding hydrogens is 874 g/mol. The highest BCUT2D eigenvalue weighted by molar-refractivity contribution is 7.94. The van der Waals surface area contributed by atoms with Gasteiger partial charge in [-0.1, -0.05) is 13.0 Å². The van der Waals surface area contributed by atoms with E-state index in [0.717, 1.165) is 22.2 Å². The number of aromatic nitrogens is 9. The number of anilines is 2. The van der Waals surface area contributed by atoms with Gasteiger partial charge in [-0.05, 0) is 18.2 Å². The molecule has 0 unspecified atom stereocenters. The molecule has 2 amide bonds. The van der Waals surface area contributed by atoms with E-state index in [1.54, 1.807) is 10.8 Å². The van der Waals surface area contributed by atoms with E-state index in [4.69, 9.17) is 23.7 Å². The predicted molar refractivity (Wildman–Crippen MR) is 198 cm³/mol. The molecule has 0 saturated carbocycles. The maximum Gasteiger partial charge on any atom is 0.418 e. The Morgan fingerprint density at radius 1 is 0.783 bits per heavy atom. The average Bonchev–Trinajstić information content (AvgIpc) is 3.81. The van der Waals surface area contributed by atoms with Gasteiger partial charge in [0.05, 0.1) is 59.0 Å². The van der Waals surface area contributed by atoms with Crippen molar-refractivity contribution in [1.29, 1.82) is 0 Å². The highest BCUT2D eigenvalue weighted by Crippen LogP contribution is 2.38. The molecule has 322 valence electrons. The summed E-state index contributed by atoms with van der Waals surface area (Å²) in [4.78, 5) is 34.1. The van der Waals surface area contributed by atoms with E-state index in [1.165, 1.54) is 65.8 Å². The van der Waals surface area contributed by atoms with Gasteiger partial charge in [0.25, 0.3) is 31.8 Å². The number of carbonyl (C=O) groups excluding carboxylic acids is 1. The first kappa shape index (κ1) is 44.3. The smallest absolute Gasteiger partial charge is 0.418 e. The van der Waals surface area contributed by atoms with E-state index < -0.39 is 74.4 Å². The predicted octanol–water partition coefficient (Wildman–Crippen LogP) is 1.81. The minimum Gasteiger partial charge on any atom is -0.481 e. The summed E-state index contributed by atoms with van der Waals surface area (Å²) in [5.41, 5.74) is -1.38. The summed E-state index contributed by atoms with van der Waals surface area (Å²) in [7, 11) is -7.25. The van der Waals surface area contributed by atoms with Gasteiger partial charge in [-0.15, -0.1) is 5.10 Å². The highest BCUT2D eigenvalue weighted by Gasteiger charge is 2.40. The summed E-state index contributed by atoms with van der Waals surface area (Å²) in [6, 6.07) is 6.47. The second-order valence-electron chi connectivity index (χ2n) is 11.2. The van der Waals surface area contributed by atoms with Gasteiger partial charge in [-0.25, -0.2) is 41.0 Å². The quantitative estimate of drug-likeness (QED) is 0.149. The van der Waals surface area contributed by atoms with Crippen LogP contribution in [0, 0.1) is 0 Å². The molecule has 24 nitrogen and oxygen atoms in total. The van der Waals surface area contributed by atoms with Crippen LogP contribution in [-0.4, -0.2) is 117 Å². The number of imidazole rings is 1. The Bertz CT molecular complexity index is 2890. The summed E-state index contributed by atoms with van der Waals surface area (Å²) in [6.07, 6.45) is -2.88. The zero-order valence-corrected chi connectivity index (χ0v) is 34.1. The molecule has 6 rings (SSSR count). The summed E-state index contributed by atoms with van der Waals surface area (Å²) < 4.78 is 147. The number of amides is 2. The number of urea groups is 1. The first-order chi connectivity index (χ1) is 28.2. The molecule has 0 radical (unpaired) electrons. The number of sulfonamides is 2. The van der Waals surface area contributed by atoms with Crippen molar-refractivity contribution in [2.45, 2.75) is 28.0 Å². The second-order valence-corrected chi connectivity index (χ2v) is 16.6. The van der Waals surface area contributed by atoms with Gasteiger partial charge in [-0.3, -0.25) is 9.72 Å². The number of methoxy groups -OCH3 is 5. The van der Waals surface area contributed by atoms with E-state index in [-0.39, 0.29) is 46.6 Å². The zero-order chi connectivity index (χ0) is 44.2. The fourth-order valence-electron chi connectivity index (χ4n) is 4.85. The average molecular weight is 905 g/mol. The SMILES string of the molecule is CCS(=O)(=O)c1nc2ccccn2c1S(=O)(=O)NC(=O)Nc1nc(OC)cc(OC)n1.COc1cc(OC)n2nc(NS(=O)(=O)c3c(C(F)(F)F)ccnc3OC)nc2n1. The molecule has 0 aliphatic carbocycles. The molecular formula is C30H31F3N12O12S3. The lowest BCUT2D eigenvalue weighted by atomic mass is 10.2. The first-order valence-corrected chi connectivity index (χ1v) is 20.8. The Balaban J connectivity index is 0.000000228. The number of fused-ring (bicyclic) bond motifs is 2. The molecule has 0 bridgehead atoms. The van der Waals surface area contributed by atoms with Crippen LogP contribution < -0.4 is 38.4 Å². The van der Waals surface area contributed by atoms with Gasteiger partial charge in [0.15, 0.2) is 24.8 Å². The number of hydrogen-bond donors (Lipinski definition) is 3. The summed E-state index contributed by atoms with van der Waals surface area (Å²) >= 11 is 0. The molecule has 0 spiro atoms. The monoisotopic (exact) mass is 904 g/mol. The van der Waals surface area contributed by atoms with E-state index in [2.05, 4.69) is 40.3 Å². The number of rotatable bonds is 13. The summed E-state index contributed by atoms with van der Waals surface area (Å²) in [5.74, 6) is -1.79. The van der Waals surface area contributed by atoms with Crippen molar-refractivity contribution < 1.29 is 66.9 Å². The van der Waals surface area contributed by atoms with Crippen LogP contribution in [0.25, 0.3) is 11.4 Å². The van der Waals surface area contributed by atoms with Crippen molar-refractivity contribution >= 4 is 59.2 Å². The molecule has 0 aromatic carbocycles. The van der Waals surface area contributed by atoms with Gasteiger partial charge >= 0.3 is 12.2 Å². The number of alkyl halides is 3. The topological polar surface area (TPSA) is 301 Å². The molecule has 3 N–H and O–H groups in total. The standard InChI is InChI=1S/C16H18N6O7S2.C14H13F3N6O5S/c1-4-30(24,25)13-14(22-8-6-5-7-10(22)17-13)31(26,27)21-16(23)20-15-18-11(28-2)9-12(19-15)29-3;1-26-8-6-9(27-2)23-13(19-8)20-12(21-23)22-29(24,25)10-7(14(15,16)17)4-5-18-11(10)28-3/h5-9H,4H2,1-3H3,(H2,18,19,20,21,23);4-6H,1-3H3,(H,21,22). The van der Waals surface area contributed by atoms with E-state index in [1.807, 2.05) is 4.72 Å². The Morgan fingerprint density at radius 3 is 2.02 bits per heavy atom. The van der Waals surface area contributed by atoms with Crippen LogP contribution in [0.15, 0.2) is 63.7 Å². The largest absolute Gasteiger partial charge is 0.481 e. The minimum absolute atomic E-state index is 0.0584. The molecule has 0 aliphatic rings. The van der Waals surface area contributed by atoms with Crippen LogP contribution in [0.1, 0.15) is 12.5 Å². The van der Waals surface area contributed by atoms with Crippen molar-refractivity contribution in [2.24, 2.45) is 0 Å². The van der Waals surface area contributed by atoms with Gasteiger partial charge in [0.1, 0.15) is 5.65 Å². The normalized spacial score (nSPS) is 11.9. The molecule has 0 fully saturated rings. The number of pyridine rings is 2. The number of ether oxygens (including phenoxy) is 5. The highest BCUT2D eigenvalue weighted by atomic mass is 32.2. The van der Waals surface area contributed by atoms with Crippen LogP contribution in [0.2, 0.25) is 0 Å². The van der Waals surface area contributed by atoms with Crippen LogP contribution in [0.3, 0.4) is 0 Å². The lowest BCUT2D eigenvalue weighted by Gasteiger charge is -2.15. The number of carbonyl (C=O) groups is 1. The van der Waals surface area contributed by atoms with E-state index in [9.17, 15) is 43.2 Å². The second kappa shape index (κ2) is 17.2. The van der Waals surface area contributed by atoms with Crippen molar-refractivity contribution in [2.75, 3.05) is 51.3 Å². The zero-order valence-electron chi connectivity index (χ0n) is 31.6. The third-order valence-electron chi connectivity index (χ3n) is 7.47.